The summed E-state index contributed by atoms with van der Waals surface area (Å²) in [6.07, 6.45) is 1.94. The molecule has 6 rings (SSSR count). The van der Waals surface area contributed by atoms with Crippen molar-refractivity contribution in [2.45, 2.75) is 70.4 Å². The van der Waals surface area contributed by atoms with Gasteiger partial charge in [-0.25, -0.2) is 4.79 Å². The third kappa shape index (κ3) is 7.12. The summed E-state index contributed by atoms with van der Waals surface area (Å²) in [7, 11) is 1.76. The third-order valence-electron chi connectivity index (χ3n) is 8.84. The summed E-state index contributed by atoms with van der Waals surface area (Å²) >= 11 is 0. The van der Waals surface area contributed by atoms with Gasteiger partial charge in [0.2, 0.25) is 5.91 Å². The van der Waals surface area contributed by atoms with Crippen LogP contribution in [-0.4, -0.2) is 83.8 Å². The maximum Gasteiger partial charge on any atom is 0.323 e. The number of likely N-dealkylation sites (tertiary alicyclic amines) is 1. The number of rotatable bonds is 7. The van der Waals surface area contributed by atoms with Gasteiger partial charge in [0.15, 0.2) is 5.76 Å². The number of nitrogens with zero attached hydrogens (tertiary/aromatic N) is 3. The van der Waals surface area contributed by atoms with Gasteiger partial charge in [0.25, 0.3) is 5.91 Å². The standard InChI is InChI=1S/C33H40N6O6/c1-20-31(21(2)45-37-20)36-33(42)35-23-9-12-28-26(15-23)32(41)38(3)27-11-10-25(44-29(27)19-43-28)16-30(40)34-24-13-14-39(18-24)17-22-7-5-4-6-8-22/h4-9,12,15,24-25,27,29H,10-11,13-14,16-19H2,1-3H3,(H,34,40)(H2,35,36,42)/t24-,25-,27-,29-/m1/s1. The Balaban J connectivity index is 1.02. The highest BCUT2D eigenvalue weighted by molar-refractivity contribution is 6.03. The zero-order valence-electron chi connectivity index (χ0n) is 25.9. The molecule has 0 spiro atoms. The number of ether oxygens (including phenoxy) is 2. The molecule has 3 aliphatic rings. The highest BCUT2D eigenvalue weighted by atomic mass is 16.5. The lowest BCUT2D eigenvalue weighted by Gasteiger charge is -2.42. The van der Waals surface area contributed by atoms with Crippen LogP contribution in [0, 0.1) is 13.8 Å². The molecule has 0 aliphatic carbocycles. The fraction of sp³-hybridized carbons (Fsp3) is 0.455. The Kier molecular flexibility index (Phi) is 9.04. The second-order valence-corrected chi connectivity index (χ2v) is 12.1. The van der Waals surface area contributed by atoms with Crippen molar-refractivity contribution >= 4 is 29.2 Å². The number of likely N-dealkylation sites (N-methyl/N-ethyl adjacent to an activating group) is 1. The van der Waals surface area contributed by atoms with Crippen LogP contribution in [0.15, 0.2) is 53.1 Å². The summed E-state index contributed by atoms with van der Waals surface area (Å²) < 4.78 is 17.6. The fourth-order valence-corrected chi connectivity index (χ4v) is 6.47. The number of amides is 4. The number of fused-ring (bicyclic) bond motifs is 2. The zero-order valence-corrected chi connectivity index (χ0v) is 25.9. The van der Waals surface area contributed by atoms with E-state index in [9.17, 15) is 14.4 Å². The molecule has 2 saturated heterocycles. The Bertz CT molecular complexity index is 1520. The number of aromatic nitrogens is 1. The van der Waals surface area contributed by atoms with Crippen LogP contribution in [-0.2, 0) is 16.1 Å². The highest BCUT2D eigenvalue weighted by Crippen LogP contribution is 2.33. The van der Waals surface area contributed by atoms with Crippen molar-refractivity contribution < 1.29 is 28.4 Å². The summed E-state index contributed by atoms with van der Waals surface area (Å²) in [6, 6.07) is 14.8. The lowest BCUT2D eigenvalue weighted by Crippen LogP contribution is -2.54. The first-order chi connectivity index (χ1) is 21.7. The average Bonchev–Trinajstić information content (AvgIpc) is 3.60. The molecule has 12 nitrogen and oxygen atoms in total. The Hall–Kier alpha value is -4.42. The van der Waals surface area contributed by atoms with Gasteiger partial charge in [-0.2, -0.15) is 0 Å². The first-order valence-corrected chi connectivity index (χ1v) is 15.5. The summed E-state index contributed by atoms with van der Waals surface area (Å²) in [5.41, 5.74) is 3.14. The second-order valence-electron chi connectivity index (χ2n) is 12.1. The number of anilines is 2. The number of nitrogens with one attached hydrogen (secondary N) is 3. The maximum absolute atomic E-state index is 13.6. The van der Waals surface area contributed by atoms with E-state index in [0.29, 0.717) is 47.0 Å². The summed E-state index contributed by atoms with van der Waals surface area (Å²) in [6.45, 7) is 6.36. The van der Waals surface area contributed by atoms with Gasteiger partial charge in [-0.3, -0.25) is 14.5 Å². The highest BCUT2D eigenvalue weighted by Gasteiger charge is 2.39. The van der Waals surface area contributed by atoms with Crippen LogP contribution in [0.3, 0.4) is 0 Å². The fourth-order valence-electron chi connectivity index (χ4n) is 6.47. The van der Waals surface area contributed by atoms with Crippen LogP contribution >= 0.6 is 0 Å². The van der Waals surface area contributed by atoms with E-state index in [0.717, 1.165) is 26.1 Å². The molecule has 0 saturated carbocycles. The molecule has 3 N–H and O–H groups in total. The van der Waals surface area contributed by atoms with E-state index in [1.54, 1.807) is 44.0 Å². The molecule has 45 heavy (non-hydrogen) atoms. The molecule has 0 bridgehead atoms. The zero-order chi connectivity index (χ0) is 31.5. The van der Waals surface area contributed by atoms with Crippen molar-refractivity contribution in [3.8, 4) is 5.75 Å². The molecular formula is C33H40N6O6. The Labute approximate surface area is 262 Å². The topological polar surface area (TPSA) is 138 Å². The minimum atomic E-state index is -0.481. The molecule has 4 atom stereocenters. The number of urea groups is 1. The summed E-state index contributed by atoms with van der Waals surface area (Å²) in [5.74, 6) is 0.671. The molecule has 12 heteroatoms. The van der Waals surface area contributed by atoms with E-state index in [1.807, 2.05) is 18.2 Å². The quantitative estimate of drug-likeness (QED) is 0.361. The van der Waals surface area contributed by atoms with Crippen molar-refractivity contribution in [2.24, 2.45) is 0 Å². The molecule has 4 heterocycles. The molecule has 238 valence electrons. The molecule has 3 aromatic rings. The lowest BCUT2D eigenvalue weighted by molar-refractivity contribution is -0.134. The van der Waals surface area contributed by atoms with E-state index in [-0.39, 0.29) is 49.1 Å². The van der Waals surface area contributed by atoms with E-state index in [4.69, 9.17) is 14.0 Å². The molecular weight excluding hydrogens is 576 g/mol. The third-order valence-corrected chi connectivity index (χ3v) is 8.84. The molecule has 0 unspecified atom stereocenters. The van der Waals surface area contributed by atoms with Crippen LogP contribution in [0.25, 0.3) is 0 Å². The van der Waals surface area contributed by atoms with Gasteiger partial charge in [-0.05, 0) is 56.9 Å². The summed E-state index contributed by atoms with van der Waals surface area (Å²) in [4.78, 5) is 43.3. The van der Waals surface area contributed by atoms with Gasteiger partial charge < -0.3 is 34.8 Å². The van der Waals surface area contributed by atoms with E-state index >= 15 is 0 Å². The predicted molar refractivity (Wildman–Crippen MR) is 167 cm³/mol. The number of aryl methyl sites for hydroxylation is 2. The molecule has 1 aromatic heterocycles. The van der Waals surface area contributed by atoms with E-state index in [1.165, 1.54) is 5.56 Å². The number of benzene rings is 2. The molecule has 2 fully saturated rings. The van der Waals surface area contributed by atoms with Crippen molar-refractivity contribution in [3.63, 3.8) is 0 Å². The average molecular weight is 617 g/mol. The van der Waals surface area contributed by atoms with Gasteiger partial charge in [0.05, 0.1) is 24.1 Å². The first-order valence-electron chi connectivity index (χ1n) is 15.5. The lowest BCUT2D eigenvalue weighted by atomic mass is 9.94. The molecule has 3 aliphatic heterocycles. The van der Waals surface area contributed by atoms with Crippen LogP contribution in [0.4, 0.5) is 16.2 Å². The van der Waals surface area contributed by atoms with Gasteiger partial charge in [0.1, 0.15) is 29.8 Å². The Morgan fingerprint density at radius 2 is 1.87 bits per heavy atom. The minimum absolute atomic E-state index is 0.00929. The smallest absolute Gasteiger partial charge is 0.323 e. The Morgan fingerprint density at radius 1 is 1.04 bits per heavy atom. The SMILES string of the molecule is Cc1noc(C)c1NC(=O)Nc1ccc2c(c1)C(=O)N(C)[C@@H]1CC[C@H](CC(=O)N[C@@H]3CCN(Cc4ccccc4)C3)O[C@@H]1CO2. The maximum atomic E-state index is 13.6. The summed E-state index contributed by atoms with van der Waals surface area (Å²) in [5, 5.41) is 12.5. The number of hydrogen-bond acceptors (Lipinski definition) is 8. The van der Waals surface area contributed by atoms with Crippen molar-refractivity contribution in [2.75, 3.05) is 37.4 Å². The van der Waals surface area contributed by atoms with Crippen molar-refractivity contribution in [3.05, 3.63) is 71.1 Å². The van der Waals surface area contributed by atoms with Gasteiger partial charge in [-0.1, -0.05) is 35.5 Å². The van der Waals surface area contributed by atoms with Gasteiger partial charge in [-0.15, -0.1) is 0 Å². The van der Waals surface area contributed by atoms with Gasteiger partial charge in [0, 0.05) is 38.4 Å². The van der Waals surface area contributed by atoms with Crippen LogP contribution < -0.4 is 20.7 Å². The second kappa shape index (κ2) is 13.3. The normalized spacial score (nSPS) is 23.3. The predicted octanol–water partition coefficient (Wildman–Crippen LogP) is 4.10. The molecule has 0 radical (unpaired) electrons. The monoisotopic (exact) mass is 616 g/mol. The van der Waals surface area contributed by atoms with Crippen molar-refractivity contribution in [1.82, 2.24) is 20.3 Å². The number of carbonyl (C=O) groups is 3. The van der Waals surface area contributed by atoms with E-state index in [2.05, 4.69) is 38.1 Å². The van der Waals surface area contributed by atoms with E-state index < -0.39 is 6.03 Å². The van der Waals surface area contributed by atoms with Crippen LogP contribution in [0.5, 0.6) is 5.75 Å². The van der Waals surface area contributed by atoms with Gasteiger partial charge >= 0.3 is 6.03 Å². The number of carbonyl (C=O) groups excluding carboxylic acids is 3. The Morgan fingerprint density at radius 3 is 2.64 bits per heavy atom. The van der Waals surface area contributed by atoms with Crippen LogP contribution in [0.1, 0.15) is 53.1 Å². The number of hydrogen-bond donors (Lipinski definition) is 3. The molecule has 4 amide bonds. The van der Waals surface area contributed by atoms with Crippen molar-refractivity contribution in [1.29, 1.82) is 0 Å². The first kappa shape index (κ1) is 30.6. The van der Waals surface area contributed by atoms with Crippen LogP contribution in [0.2, 0.25) is 0 Å². The molecule has 2 aromatic carbocycles. The minimum Gasteiger partial charge on any atom is -0.490 e. The largest absolute Gasteiger partial charge is 0.490 e.